The number of fused-ring (bicyclic) bond motifs is 1. The van der Waals surface area contributed by atoms with Crippen molar-refractivity contribution in [3.05, 3.63) is 35.4 Å². The summed E-state index contributed by atoms with van der Waals surface area (Å²) in [6.07, 6.45) is 4.21. The molecule has 0 aromatic heterocycles. The molecule has 2 rings (SSSR count). The van der Waals surface area contributed by atoms with Gasteiger partial charge in [0.25, 0.3) is 0 Å². The quantitative estimate of drug-likeness (QED) is 0.796. The van der Waals surface area contributed by atoms with Crippen LogP contribution in [0.25, 0.3) is 0 Å². The summed E-state index contributed by atoms with van der Waals surface area (Å²) in [5.74, 6) is 0. The average Bonchev–Trinajstić information content (AvgIpc) is 2.68. The van der Waals surface area contributed by atoms with Crippen LogP contribution in [0.2, 0.25) is 0 Å². The Labute approximate surface area is 97.7 Å². The molecule has 16 heavy (non-hydrogen) atoms. The van der Waals surface area contributed by atoms with Crippen LogP contribution in [0, 0.1) is 0 Å². The lowest BCUT2D eigenvalue weighted by atomic mass is 9.88. The molecule has 2 N–H and O–H groups in total. The minimum Gasteiger partial charge on any atom is -0.396 e. The highest BCUT2D eigenvalue weighted by atomic mass is 16.3. The van der Waals surface area contributed by atoms with Gasteiger partial charge in [-0.1, -0.05) is 31.2 Å². The third-order valence-electron chi connectivity index (χ3n) is 3.61. The zero-order valence-corrected chi connectivity index (χ0v) is 10.00. The Morgan fingerprint density at radius 1 is 1.38 bits per heavy atom. The van der Waals surface area contributed by atoms with Gasteiger partial charge in [-0.25, -0.2) is 0 Å². The summed E-state index contributed by atoms with van der Waals surface area (Å²) in [6, 6.07) is 8.63. The Kier molecular flexibility index (Phi) is 3.62. The second-order valence-electron chi connectivity index (χ2n) is 4.64. The molecule has 1 aromatic carbocycles. The molecule has 0 heterocycles. The molecule has 1 atom stereocenters. The zero-order valence-electron chi connectivity index (χ0n) is 10.00. The minimum absolute atomic E-state index is 0.0291. The molecule has 0 spiro atoms. The lowest BCUT2D eigenvalue weighted by Crippen LogP contribution is -2.41. The van der Waals surface area contributed by atoms with Gasteiger partial charge in [-0.05, 0) is 43.4 Å². The second kappa shape index (κ2) is 4.98. The molecular formula is C14H21NO. The van der Waals surface area contributed by atoms with Gasteiger partial charge in [-0.2, -0.15) is 0 Å². The molecule has 88 valence electrons. The summed E-state index contributed by atoms with van der Waals surface area (Å²) in [5, 5.41) is 12.9. The van der Waals surface area contributed by atoms with Gasteiger partial charge in [0.1, 0.15) is 0 Å². The van der Waals surface area contributed by atoms with Crippen molar-refractivity contribution in [2.45, 2.75) is 38.1 Å². The third kappa shape index (κ3) is 2.00. The van der Waals surface area contributed by atoms with E-state index in [1.807, 2.05) is 0 Å². The third-order valence-corrected chi connectivity index (χ3v) is 3.61. The lowest BCUT2D eigenvalue weighted by Gasteiger charge is -2.31. The minimum atomic E-state index is 0.0291. The Morgan fingerprint density at radius 2 is 2.19 bits per heavy atom. The molecule has 2 heteroatoms. The standard InChI is InChI=1S/C14H21NO/c1-2-10-15-14(9-11-16)8-7-12-5-3-4-6-13(12)14/h3-6,15-16H,2,7-11H2,1H3. The molecule has 0 aliphatic heterocycles. The number of nitrogens with one attached hydrogen (secondary N) is 1. The highest BCUT2D eigenvalue weighted by Gasteiger charge is 2.36. The Hall–Kier alpha value is -0.860. The summed E-state index contributed by atoms with van der Waals surface area (Å²) < 4.78 is 0. The Balaban J connectivity index is 2.27. The second-order valence-corrected chi connectivity index (χ2v) is 4.64. The van der Waals surface area contributed by atoms with Gasteiger partial charge in [0, 0.05) is 12.1 Å². The van der Waals surface area contributed by atoms with Crippen LogP contribution in [0.4, 0.5) is 0 Å². The van der Waals surface area contributed by atoms with Gasteiger partial charge in [-0.3, -0.25) is 0 Å². The van der Waals surface area contributed by atoms with Crippen molar-refractivity contribution < 1.29 is 5.11 Å². The fourth-order valence-corrected chi connectivity index (χ4v) is 2.77. The van der Waals surface area contributed by atoms with Crippen molar-refractivity contribution >= 4 is 0 Å². The van der Waals surface area contributed by atoms with Crippen LogP contribution in [0.15, 0.2) is 24.3 Å². The van der Waals surface area contributed by atoms with Crippen LogP contribution in [-0.4, -0.2) is 18.3 Å². The first-order valence-electron chi connectivity index (χ1n) is 6.26. The first kappa shape index (κ1) is 11.6. The smallest absolute Gasteiger partial charge is 0.0462 e. The van der Waals surface area contributed by atoms with Gasteiger partial charge >= 0.3 is 0 Å². The molecule has 0 amide bonds. The summed E-state index contributed by atoms with van der Waals surface area (Å²) in [5.41, 5.74) is 2.87. The zero-order chi connectivity index (χ0) is 11.4. The molecule has 0 radical (unpaired) electrons. The number of aliphatic hydroxyl groups excluding tert-OH is 1. The maximum atomic E-state index is 9.28. The van der Waals surface area contributed by atoms with E-state index in [0.717, 1.165) is 32.2 Å². The van der Waals surface area contributed by atoms with Crippen LogP contribution >= 0.6 is 0 Å². The molecule has 0 saturated carbocycles. The molecule has 1 aromatic rings. The van der Waals surface area contributed by atoms with E-state index < -0.39 is 0 Å². The molecule has 1 unspecified atom stereocenters. The van der Waals surface area contributed by atoms with E-state index in [-0.39, 0.29) is 12.1 Å². The van der Waals surface area contributed by atoms with E-state index in [1.54, 1.807) is 0 Å². The van der Waals surface area contributed by atoms with E-state index in [0.29, 0.717) is 0 Å². The van der Waals surface area contributed by atoms with E-state index in [4.69, 9.17) is 0 Å². The predicted molar refractivity (Wildman–Crippen MR) is 66.4 cm³/mol. The average molecular weight is 219 g/mol. The fourth-order valence-electron chi connectivity index (χ4n) is 2.77. The maximum Gasteiger partial charge on any atom is 0.0462 e. The molecule has 2 nitrogen and oxygen atoms in total. The monoisotopic (exact) mass is 219 g/mol. The number of benzene rings is 1. The summed E-state index contributed by atoms with van der Waals surface area (Å²) in [7, 11) is 0. The van der Waals surface area contributed by atoms with E-state index in [9.17, 15) is 5.11 Å². The molecule has 1 aliphatic carbocycles. The van der Waals surface area contributed by atoms with Crippen molar-refractivity contribution in [2.24, 2.45) is 0 Å². The normalized spacial score (nSPS) is 23.4. The van der Waals surface area contributed by atoms with E-state index in [1.165, 1.54) is 11.1 Å². The highest BCUT2D eigenvalue weighted by Crippen LogP contribution is 2.39. The van der Waals surface area contributed by atoms with Gasteiger partial charge in [0.2, 0.25) is 0 Å². The first-order chi connectivity index (χ1) is 7.82. The van der Waals surface area contributed by atoms with Crippen LogP contribution in [-0.2, 0) is 12.0 Å². The van der Waals surface area contributed by atoms with E-state index >= 15 is 0 Å². The highest BCUT2D eigenvalue weighted by molar-refractivity contribution is 5.38. The van der Waals surface area contributed by atoms with Crippen LogP contribution in [0.1, 0.15) is 37.3 Å². The van der Waals surface area contributed by atoms with Crippen molar-refractivity contribution in [3.8, 4) is 0 Å². The Morgan fingerprint density at radius 3 is 2.94 bits per heavy atom. The molecule has 0 bridgehead atoms. The Bertz CT molecular complexity index is 346. The van der Waals surface area contributed by atoms with Crippen LogP contribution in [0.3, 0.4) is 0 Å². The van der Waals surface area contributed by atoms with E-state index in [2.05, 4.69) is 36.5 Å². The number of aliphatic hydroxyl groups is 1. The van der Waals surface area contributed by atoms with Crippen molar-refractivity contribution in [1.82, 2.24) is 5.32 Å². The maximum absolute atomic E-state index is 9.28. The van der Waals surface area contributed by atoms with Crippen molar-refractivity contribution in [3.63, 3.8) is 0 Å². The van der Waals surface area contributed by atoms with Crippen molar-refractivity contribution in [1.29, 1.82) is 0 Å². The number of hydrogen-bond donors (Lipinski definition) is 2. The van der Waals surface area contributed by atoms with Gasteiger partial charge in [0.15, 0.2) is 0 Å². The summed E-state index contributed by atoms with van der Waals surface area (Å²) >= 11 is 0. The molecular weight excluding hydrogens is 198 g/mol. The topological polar surface area (TPSA) is 32.3 Å². The number of hydrogen-bond acceptors (Lipinski definition) is 2. The van der Waals surface area contributed by atoms with Gasteiger partial charge < -0.3 is 10.4 Å². The summed E-state index contributed by atoms with van der Waals surface area (Å²) in [4.78, 5) is 0. The molecule has 0 saturated heterocycles. The number of rotatable bonds is 5. The molecule has 0 fully saturated rings. The fraction of sp³-hybridized carbons (Fsp3) is 0.571. The largest absolute Gasteiger partial charge is 0.396 e. The van der Waals surface area contributed by atoms with Gasteiger partial charge in [0.05, 0.1) is 0 Å². The van der Waals surface area contributed by atoms with Gasteiger partial charge in [-0.15, -0.1) is 0 Å². The lowest BCUT2D eigenvalue weighted by molar-refractivity contribution is 0.208. The van der Waals surface area contributed by atoms with Crippen LogP contribution < -0.4 is 5.32 Å². The van der Waals surface area contributed by atoms with Crippen LogP contribution in [0.5, 0.6) is 0 Å². The molecule has 1 aliphatic rings. The first-order valence-corrected chi connectivity index (χ1v) is 6.26. The number of aryl methyl sites for hydroxylation is 1. The summed E-state index contributed by atoms with van der Waals surface area (Å²) in [6.45, 7) is 3.46. The SMILES string of the molecule is CCCNC1(CCO)CCc2ccccc21. The predicted octanol–water partition coefficient (Wildman–Crippen LogP) is 2.21. The van der Waals surface area contributed by atoms with Crippen molar-refractivity contribution in [2.75, 3.05) is 13.2 Å².